The van der Waals surface area contributed by atoms with Crippen LogP contribution in [-0.2, 0) is 21.0 Å². The molecule has 1 aromatic carbocycles. The van der Waals surface area contributed by atoms with Crippen molar-refractivity contribution < 1.29 is 18.3 Å². The third-order valence-corrected chi connectivity index (χ3v) is 5.00. The molecule has 0 aliphatic carbocycles. The van der Waals surface area contributed by atoms with Crippen molar-refractivity contribution >= 4 is 9.84 Å². The van der Waals surface area contributed by atoms with E-state index in [1.54, 1.807) is 31.2 Å². The Morgan fingerprint density at radius 2 is 2.06 bits per heavy atom. The molecule has 5 heteroatoms. The average molecular weight is 256 g/mol. The molecule has 0 saturated carbocycles. The van der Waals surface area contributed by atoms with Crippen LogP contribution < -0.4 is 0 Å². The Labute approximate surface area is 101 Å². The van der Waals surface area contributed by atoms with E-state index >= 15 is 0 Å². The third-order valence-electron chi connectivity index (χ3n) is 2.84. The van der Waals surface area contributed by atoms with E-state index in [9.17, 15) is 13.5 Å². The molecule has 0 bridgehead atoms. The number of hydrogen-bond donors (Lipinski definition) is 1. The summed E-state index contributed by atoms with van der Waals surface area (Å²) in [4.78, 5) is 0.328. The zero-order chi connectivity index (χ0) is 12.5. The smallest absolute Gasteiger partial charge is 0.186 e. The third kappa shape index (κ3) is 2.51. The summed E-state index contributed by atoms with van der Waals surface area (Å²) in [6.45, 7) is 2.19. The molecule has 1 fully saturated rings. The van der Waals surface area contributed by atoms with Crippen LogP contribution >= 0.6 is 0 Å². The van der Waals surface area contributed by atoms with E-state index in [0.717, 1.165) is 0 Å². The first-order valence-corrected chi connectivity index (χ1v) is 7.14. The standard InChI is InChI=1S/C12H16O4S/c1-9(13)6-10-4-2-3-5-12(10)17(14,15)11-7-16-8-11/h2-5,9,11,13H,6-8H2,1H3. The number of benzene rings is 1. The molecule has 17 heavy (non-hydrogen) atoms. The minimum absolute atomic E-state index is 0.269. The number of sulfone groups is 1. The van der Waals surface area contributed by atoms with Gasteiger partial charge in [0.1, 0.15) is 5.25 Å². The van der Waals surface area contributed by atoms with E-state index < -0.39 is 21.2 Å². The van der Waals surface area contributed by atoms with Crippen molar-refractivity contribution in [3.8, 4) is 0 Å². The van der Waals surface area contributed by atoms with Crippen molar-refractivity contribution in [3.63, 3.8) is 0 Å². The highest BCUT2D eigenvalue weighted by molar-refractivity contribution is 7.92. The first kappa shape index (κ1) is 12.5. The molecule has 1 aliphatic rings. The van der Waals surface area contributed by atoms with Gasteiger partial charge < -0.3 is 9.84 Å². The zero-order valence-corrected chi connectivity index (χ0v) is 10.5. The van der Waals surface area contributed by atoms with Crippen LogP contribution in [0.4, 0.5) is 0 Å². The maximum Gasteiger partial charge on any atom is 0.186 e. The summed E-state index contributed by atoms with van der Waals surface area (Å²) in [5.41, 5.74) is 0.675. The summed E-state index contributed by atoms with van der Waals surface area (Å²) in [5, 5.41) is 8.95. The van der Waals surface area contributed by atoms with E-state index in [1.807, 2.05) is 0 Å². The van der Waals surface area contributed by atoms with Gasteiger partial charge in [-0.25, -0.2) is 8.42 Å². The number of rotatable bonds is 4. The van der Waals surface area contributed by atoms with Crippen LogP contribution in [0.1, 0.15) is 12.5 Å². The van der Waals surface area contributed by atoms with Gasteiger partial charge in [-0.15, -0.1) is 0 Å². The van der Waals surface area contributed by atoms with Crippen LogP contribution in [0.3, 0.4) is 0 Å². The first-order chi connectivity index (χ1) is 8.01. The minimum Gasteiger partial charge on any atom is -0.393 e. The Balaban J connectivity index is 2.37. The topological polar surface area (TPSA) is 63.6 Å². The van der Waals surface area contributed by atoms with Crippen molar-refractivity contribution in [2.75, 3.05) is 13.2 Å². The highest BCUT2D eigenvalue weighted by Crippen LogP contribution is 2.25. The molecule has 0 aromatic heterocycles. The van der Waals surface area contributed by atoms with E-state index in [-0.39, 0.29) is 13.2 Å². The van der Waals surface area contributed by atoms with Gasteiger partial charge in [0.2, 0.25) is 0 Å². The molecule has 1 aromatic rings. The largest absolute Gasteiger partial charge is 0.393 e. The van der Waals surface area contributed by atoms with Crippen molar-refractivity contribution in [3.05, 3.63) is 29.8 Å². The Morgan fingerprint density at radius 3 is 2.59 bits per heavy atom. The number of aliphatic hydroxyl groups is 1. The monoisotopic (exact) mass is 256 g/mol. The highest BCUT2D eigenvalue weighted by Gasteiger charge is 2.35. The van der Waals surface area contributed by atoms with Crippen LogP contribution in [0, 0.1) is 0 Å². The van der Waals surface area contributed by atoms with Crippen molar-refractivity contribution in [1.82, 2.24) is 0 Å². The zero-order valence-electron chi connectivity index (χ0n) is 9.67. The second-order valence-electron chi connectivity index (χ2n) is 4.37. The maximum absolute atomic E-state index is 12.3. The maximum atomic E-state index is 12.3. The highest BCUT2D eigenvalue weighted by atomic mass is 32.2. The van der Waals surface area contributed by atoms with Crippen LogP contribution in [0.2, 0.25) is 0 Å². The molecule has 0 spiro atoms. The van der Waals surface area contributed by atoms with Gasteiger partial charge in [0.15, 0.2) is 9.84 Å². The second kappa shape index (κ2) is 4.76. The molecule has 0 radical (unpaired) electrons. The number of hydrogen-bond acceptors (Lipinski definition) is 4. The summed E-state index contributed by atoms with van der Waals surface area (Å²) in [6.07, 6.45) is -0.202. The second-order valence-corrected chi connectivity index (χ2v) is 6.56. The van der Waals surface area contributed by atoms with Gasteiger partial charge in [-0.05, 0) is 25.0 Å². The summed E-state index contributed by atoms with van der Waals surface area (Å²) in [6, 6.07) is 6.84. The van der Waals surface area contributed by atoms with Crippen molar-refractivity contribution in [1.29, 1.82) is 0 Å². The lowest BCUT2D eigenvalue weighted by molar-refractivity contribution is 0.0415. The van der Waals surface area contributed by atoms with Crippen LogP contribution in [0.5, 0.6) is 0 Å². The van der Waals surface area contributed by atoms with Crippen molar-refractivity contribution in [2.24, 2.45) is 0 Å². The minimum atomic E-state index is -3.31. The van der Waals surface area contributed by atoms with Crippen LogP contribution in [-0.4, -0.2) is 38.1 Å². The molecule has 1 saturated heterocycles. The van der Waals surface area contributed by atoms with Crippen molar-refractivity contribution in [2.45, 2.75) is 29.6 Å². The van der Waals surface area contributed by atoms with Gasteiger partial charge in [-0.2, -0.15) is 0 Å². The van der Waals surface area contributed by atoms with Crippen LogP contribution in [0.25, 0.3) is 0 Å². The molecule has 1 unspecified atom stereocenters. The lowest BCUT2D eigenvalue weighted by Gasteiger charge is -2.26. The summed E-state index contributed by atoms with van der Waals surface area (Å²) in [7, 11) is -3.31. The number of aliphatic hydroxyl groups excluding tert-OH is 1. The molecular weight excluding hydrogens is 240 g/mol. The van der Waals surface area contributed by atoms with E-state index in [1.165, 1.54) is 0 Å². The predicted octanol–water partition coefficient (Wildman–Crippen LogP) is 0.782. The lowest BCUT2D eigenvalue weighted by atomic mass is 10.1. The SMILES string of the molecule is CC(O)Cc1ccccc1S(=O)(=O)C1COC1. The molecule has 0 amide bonds. The molecule has 2 rings (SSSR count). The molecule has 94 valence electrons. The quantitative estimate of drug-likeness (QED) is 0.864. The van der Waals surface area contributed by atoms with Gasteiger partial charge in [-0.1, -0.05) is 18.2 Å². The van der Waals surface area contributed by atoms with E-state index in [4.69, 9.17) is 4.74 Å². The van der Waals surface area contributed by atoms with Gasteiger partial charge in [0, 0.05) is 0 Å². The fourth-order valence-electron chi connectivity index (χ4n) is 1.84. The van der Waals surface area contributed by atoms with Crippen LogP contribution in [0.15, 0.2) is 29.2 Å². The van der Waals surface area contributed by atoms with Gasteiger partial charge in [0.05, 0.1) is 24.2 Å². The average Bonchev–Trinajstić information content (AvgIpc) is 2.13. The fourth-order valence-corrected chi connectivity index (χ4v) is 3.54. The Morgan fingerprint density at radius 1 is 1.41 bits per heavy atom. The lowest BCUT2D eigenvalue weighted by Crippen LogP contribution is -2.41. The molecular formula is C12H16O4S. The molecule has 1 heterocycles. The summed E-state index contributed by atoms with van der Waals surface area (Å²) < 4.78 is 29.4. The number of ether oxygens (including phenoxy) is 1. The summed E-state index contributed by atoms with van der Waals surface area (Å²) in [5.74, 6) is 0. The molecule has 1 atom stereocenters. The predicted molar refractivity (Wildman–Crippen MR) is 63.6 cm³/mol. The van der Waals surface area contributed by atoms with Gasteiger partial charge in [0.25, 0.3) is 0 Å². The Bertz CT molecular complexity index is 489. The molecule has 1 N–H and O–H groups in total. The van der Waals surface area contributed by atoms with Gasteiger partial charge >= 0.3 is 0 Å². The molecule has 1 aliphatic heterocycles. The molecule has 4 nitrogen and oxygen atoms in total. The summed E-state index contributed by atoms with van der Waals surface area (Å²) >= 11 is 0. The Hall–Kier alpha value is -0.910. The van der Waals surface area contributed by atoms with E-state index in [2.05, 4.69) is 0 Å². The normalized spacial score (nSPS) is 18.7. The fraction of sp³-hybridized carbons (Fsp3) is 0.500. The van der Waals surface area contributed by atoms with Gasteiger partial charge in [-0.3, -0.25) is 0 Å². The Kier molecular flexibility index (Phi) is 3.51. The first-order valence-electron chi connectivity index (χ1n) is 5.59. The van der Waals surface area contributed by atoms with E-state index in [0.29, 0.717) is 16.9 Å².